The van der Waals surface area contributed by atoms with Crippen molar-refractivity contribution in [1.29, 1.82) is 0 Å². The molecule has 21 heavy (non-hydrogen) atoms. The normalized spacial score (nSPS) is 20.0. The van der Waals surface area contributed by atoms with Gasteiger partial charge in [-0.15, -0.1) is 0 Å². The van der Waals surface area contributed by atoms with E-state index < -0.39 is 0 Å². The van der Waals surface area contributed by atoms with E-state index in [0.717, 1.165) is 24.4 Å². The molecule has 0 saturated carbocycles. The smallest absolute Gasteiger partial charge is 0.318 e. The van der Waals surface area contributed by atoms with Gasteiger partial charge in [-0.3, -0.25) is 4.79 Å². The van der Waals surface area contributed by atoms with E-state index in [4.69, 9.17) is 4.42 Å². The molecule has 1 aromatic heterocycles. The summed E-state index contributed by atoms with van der Waals surface area (Å²) < 4.78 is 5.52. The Bertz CT molecular complexity index is 512. The number of piperidine rings is 1. The Morgan fingerprint density at radius 2 is 2.19 bits per heavy atom. The van der Waals surface area contributed by atoms with Crippen LogP contribution >= 0.6 is 0 Å². The van der Waals surface area contributed by atoms with Gasteiger partial charge in [-0.25, -0.2) is 4.79 Å². The first kappa shape index (κ1) is 15.4. The highest BCUT2D eigenvalue weighted by Gasteiger charge is 2.25. The monoisotopic (exact) mass is 293 g/mol. The van der Waals surface area contributed by atoms with Gasteiger partial charge in [0, 0.05) is 26.1 Å². The number of aryl methyl sites for hydroxylation is 1. The summed E-state index contributed by atoms with van der Waals surface area (Å²) in [4.78, 5) is 25.1. The summed E-state index contributed by atoms with van der Waals surface area (Å²) in [6, 6.07) is 3.50. The third kappa shape index (κ3) is 4.24. The van der Waals surface area contributed by atoms with Crippen molar-refractivity contribution in [3.8, 4) is 0 Å². The number of amides is 3. The number of carbonyl (C=O) groups excluding carboxylic acids is 2. The Morgan fingerprint density at radius 3 is 2.81 bits per heavy atom. The lowest BCUT2D eigenvalue weighted by atomic mass is 10.1. The molecule has 2 atom stereocenters. The molecule has 2 rings (SSSR count). The highest BCUT2D eigenvalue weighted by Crippen LogP contribution is 2.17. The van der Waals surface area contributed by atoms with Gasteiger partial charge in [0.2, 0.25) is 5.91 Å². The molecule has 0 aliphatic carbocycles. The molecule has 0 bridgehead atoms. The average molecular weight is 293 g/mol. The van der Waals surface area contributed by atoms with Crippen LogP contribution in [0.1, 0.15) is 44.3 Å². The lowest BCUT2D eigenvalue weighted by Gasteiger charge is -2.33. The van der Waals surface area contributed by atoms with Gasteiger partial charge in [0.1, 0.15) is 11.5 Å². The molecular weight excluding hydrogens is 270 g/mol. The van der Waals surface area contributed by atoms with Crippen molar-refractivity contribution < 1.29 is 14.0 Å². The first-order valence-electron chi connectivity index (χ1n) is 7.34. The summed E-state index contributed by atoms with van der Waals surface area (Å²) in [6.07, 6.45) is 1.81. The van der Waals surface area contributed by atoms with Crippen LogP contribution in [0, 0.1) is 6.92 Å². The van der Waals surface area contributed by atoms with Crippen LogP contribution in [0.3, 0.4) is 0 Å². The van der Waals surface area contributed by atoms with Gasteiger partial charge >= 0.3 is 6.03 Å². The van der Waals surface area contributed by atoms with Crippen LogP contribution < -0.4 is 10.6 Å². The SMILES string of the molecule is CC(=O)NC1CCCN(C(=O)NC(C)c2ccc(C)o2)C1. The molecule has 1 saturated heterocycles. The maximum absolute atomic E-state index is 12.3. The van der Waals surface area contributed by atoms with Crippen molar-refractivity contribution >= 4 is 11.9 Å². The minimum absolute atomic E-state index is 0.0446. The van der Waals surface area contributed by atoms with Crippen molar-refractivity contribution in [2.75, 3.05) is 13.1 Å². The van der Waals surface area contributed by atoms with E-state index in [1.807, 2.05) is 26.0 Å². The summed E-state index contributed by atoms with van der Waals surface area (Å²) in [5, 5.41) is 5.81. The van der Waals surface area contributed by atoms with Crippen LogP contribution in [0.15, 0.2) is 16.5 Å². The quantitative estimate of drug-likeness (QED) is 0.894. The van der Waals surface area contributed by atoms with Gasteiger partial charge in [0.15, 0.2) is 0 Å². The first-order valence-corrected chi connectivity index (χ1v) is 7.34. The van der Waals surface area contributed by atoms with Gasteiger partial charge in [0.25, 0.3) is 0 Å². The fourth-order valence-corrected chi connectivity index (χ4v) is 2.60. The largest absolute Gasteiger partial charge is 0.464 e. The summed E-state index contributed by atoms with van der Waals surface area (Å²) in [7, 11) is 0. The summed E-state index contributed by atoms with van der Waals surface area (Å²) in [6.45, 7) is 6.54. The Morgan fingerprint density at radius 1 is 1.43 bits per heavy atom. The van der Waals surface area contributed by atoms with Crippen LogP contribution in [0.5, 0.6) is 0 Å². The summed E-state index contributed by atoms with van der Waals surface area (Å²) >= 11 is 0. The number of hydrogen-bond donors (Lipinski definition) is 2. The van der Waals surface area contributed by atoms with Gasteiger partial charge < -0.3 is 20.0 Å². The maximum Gasteiger partial charge on any atom is 0.318 e. The van der Waals surface area contributed by atoms with E-state index in [0.29, 0.717) is 13.1 Å². The highest BCUT2D eigenvalue weighted by molar-refractivity contribution is 5.75. The van der Waals surface area contributed by atoms with Gasteiger partial charge in [-0.2, -0.15) is 0 Å². The Balaban J connectivity index is 1.89. The molecule has 1 aromatic rings. The van der Waals surface area contributed by atoms with Crippen LogP contribution in [-0.4, -0.2) is 36.0 Å². The van der Waals surface area contributed by atoms with E-state index in [1.165, 1.54) is 6.92 Å². The van der Waals surface area contributed by atoms with Gasteiger partial charge in [0.05, 0.1) is 6.04 Å². The molecule has 6 heteroatoms. The number of rotatable bonds is 3. The second-order valence-corrected chi connectivity index (χ2v) is 5.61. The lowest BCUT2D eigenvalue weighted by molar-refractivity contribution is -0.119. The van der Waals surface area contributed by atoms with Crippen molar-refractivity contribution in [2.24, 2.45) is 0 Å². The number of furan rings is 1. The molecule has 0 radical (unpaired) electrons. The molecule has 2 heterocycles. The van der Waals surface area contributed by atoms with Crippen molar-refractivity contribution in [3.63, 3.8) is 0 Å². The molecule has 6 nitrogen and oxygen atoms in total. The summed E-state index contributed by atoms with van der Waals surface area (Å²) in [5.41, 5.74) is 0. The fourth-order valence-electron chi connectivity index (χ4n) is 2.60. The van der Waals surface area contributed by atoms with Crippen molar-refractivity contribution in [3.05, 3.63) is 23.7 Å². The standard InChI is InChI=1S/C15H23N3O3/c1-10-6-7-14(21-10)11(2)16-15(20)18-8-4-5-13(9-18)17-12(3)19/h6-7,11,13H,4-5,8-9H2,1-3H3,(H,16,20)(H,17,19). The Kier molecular flexibility index (Phi) is 4.88. The molecule has 3 amide bonds. The zero-order valence-corrected chi connectivity index (χ0v) is 12.8. The Hall–Kier alpha value is -1.98. The second-order valence-electron chi connectivity index (χ2n) is 5.61. The third-order valence-electron chi connectivity index (χ3n) is 3.64. The van der Waals surface area contributed by atoms with Crippen LogP contribution in [-0.2, 0) is 4.79 Å². The molecular formula is C15H23N3O3. The van der Waals surface area contributed by atoms with Crippen molar-refractivity contribution in [2.45, 2.75) is 45.7 Å². The first-order chi connectivity index (χ1) is 9.95. The van der Waals surface area contributed by atoms with E-state index in [9.17, 15) is 9.59 Å². The average Bonchev–Trinajstić information content (AvgIpc) is 2.85. The minimum Gasteiger partial charge on any atom is -0.464 e. The number of carbonyl (C=O) groups is 2. The van der Waals surface area contributed by atoms with Gasteiger partial charge in [-0.05, 0) is 38.8 Å². The van der Waals surface area contributed by atoms with E-state index in [-0.39, 0.29) is 24.0 Å². The highest BCUT2D eigenvalue weighted by atomic mass is 16.3. The maximum atomic E-state index is 12.3. The predicted octanol–water partition coefficient (Wildman–Crippen LogP) is 1.96. The lowest BCUT2D eigenvalue weighted by Crippen LogP contribution is -2.52. The molecule has 0 spiro atoms. The second kappa shape index (κ2) is 6.65. The van der Waals surface area contributed by atoms with Gasteiger partial charge in [-0.1, -0.05) is 0 Å². The molecule has 0 aromatic carbocycles. The number of likely N-dealkylation sites (tertiary alicyclic amines) is 1. The minimum atomic E-state index is -0.174. The molecule has 1 aliphatic rings. The summed E-state index contributed by atoms with van der Waals surface area (Å²) in [5.74, 6) is 1.52. The number of nitrogens with zero attached hydrogens (tertiary/aromatic N) is 1. The van der Waals surface area contributed by atoms with E-state index in [1.54, 1.807) is 4.90 Å². The van der Waals surface area contributed by atoms with Crippen LogP contribution in [0.2, 0.25) is 0 Å². The molecule has 1 aliphatic heterocycles. The van der Waals surface area contributed by atoms with Crippen LogP contribution in [0.25, 0.3) is 0 Å². The topological polar surface area (TPSA) is 74.6 Å². The number of hydrogen-bond acceptors (Lipinski definition) is 3. The predicted molar refractivity (Wildman–Crippen MR) is 78.8 cm³/mol. The third-order valence-corrected chi connectivity index (χ3v) is 3.64. The Labute approximate surface area is 124 Å². The number of urea groups is 1. The van der Waals surface area contributed by atoms with E-state index in [2.05, 4.69) is 10.6 Å². The molecule has 2 unspecified atom stereocenters. The molecule has 1 fully saturated rings. The van der Waals surface area contributed by atoms with E-state index >= 15 is 0 Å². The van der Waals surface area contributed by atoms with Crippen LogP contribution in [0.4, 0.5) is 4.79 Å². The number of nitrogens with one attached hydrogen (secondary N) is 2. The van der Waals surface area contributed by atoms with Crippen molar-refractivity contribution in [1.82, 2.24) is 15.5 Å². The molecule has 2 N–H and O–H groups in total. The molecule has 116 valence electrons. The zero-order chi connectivity index (χ0) is 15.4. The fraction of sp³-hybridized carbons (Fsp3) is 0.600. The zero-order valence-electron chi connectivity index (χ0n) is 12.8.